The van der Waals surface area contributed by atoms with E-state index in [1.54, 1.807) is 11.3 Å². The third-order valence-electron chi connectivity index (χ3n) is 3.94. The lowest BCUT2D eigenvalue weighted by Gasteiger charge is -2.27. The van der Waals surface area contributed by atoms with E-state index < -0.39 is 0 Å². The molecule has 4 nitrogen and oxygen atoms in total. The Balaban J connectivity index is 1.91. The molecule has 2 aromatic heterocycles. The van der Waals surface area contributed by atoms with E-state index in [0.717, 1.165) is 35.4 Å². The predicted molar refractivity (Wildman–Crippen MR) is 83.3 cm³/mol. The summed E-state index contributed by atoms with van der Waals surface area (Å²) >= 11 is 1.68. The number of fused-ring (bicyclic) bond motifs is 1. The fraction of sp³-hybridized carbons (Fsp3) is 0.600. The minimum atomic E-state index is 0.265. The molecule has 0 radical (unpaired) electrons. The van der Waals surface area contributed by atoms with Crippen LogP contribution in [-0.4, -0.2) is 16.1 Å². The highest BCUT2D eigenvalue weighted by Gasteiger charge is 2.22. The molecule has 0 aliphatic heterocycles. The number of rotatable bonds is 3. The number of ether oxygens (including phenoxy) is 1. The fourth-order valence-corrected chi connectivity index (χ4v) is 3.83. The third-order valence-corrected chi connectivity index (χ3v) is 5.11. The molecule has 2 aromatic rings. The van der Waals surface area contributed by atoms with Crippen LogP contribution < -0.4 is 10.5 Å². The van der Waals surface area contributed by atoms with E-state index in [1.807, 2.05) is 0 Å². The summed E-state index contributed by atoms with van der Waals surface area (Å²) in [5, 5.41) is 1.01. The molecule has 2 atom stereocenters. The van der Waals surface area contributed by atoms with Crippen molar-refractivity contribution in [1.82, 2.24) is 9.97 Å². The number of nitrogens with two attached hydrogens (primary N) is 1. The van der Waals surface area contributed by atoms with Gasteiger partial charge in [0.2, 0.25) is 11.8 Å². The monoisotopic (exact) mass is 291 g/mol. The van der Waals surface area contributed by atoms with Crippen LogP contribution in [0.5, 0.6) is 5.88 Å². The molecule has 1 aliphatic rings. The van der Waals surface area contributed by atoms with E-state index in [4.69, 9.17) is 10.5 Å². The van der Waals surface area contributed by atoms with Gasteiger partial charge in [-0.2, -0.15) is 4.98 Å². The van der Waals surface area contributed by atoms with Gasteiger partial charge in [-0.3, -0.25) is 0 Å². The Morgan fingerprint density at radius 2 is 2.25 bits per heavy atom. The highest BCUT2D eigenvalue weighted by atomic mass is 32.1. The second-order valence-corrected chi connectivity index (χ2v) is 6.80. The standard InChI is InChI=1S/C15H21N3OS/c1-3-11-8-12-13(17-15(16)18-14(12)20-11)19-10-6-4-5-9(2)7-10/h8-10H,3-7H2,1-2H3,(H2,16,17,18). The van der Waals surface area contributed by atoms with Gasteiger partial charge < -0.3 is 10.5 Å². The molecule has 0 aromatic carbocycles. The Morgan fingerprint density at radius 1 is 1.40 bits per heavy atom. The third kappa shape index (κ3) is 2.73. The summed E-state index contributed by atoms with van der Waals surface area (Å²) in [7, 11) is 0. The molecule has 1 saturated carbocycles. The summed E-state index contributed by atoms with van der Waals surface area (Å²) in [6.07, 6.45) is 6.03. The van der Waals surface area contributed by atoms with Crippen LogP contribution in [0, 0.1) is 5.92 Å². The van der Waals surface area contributed by atoms with E-state index in [0.29, 0.717) is 11.8 Å². The average molecular weight is 291 g/mol. The van der Waals surface area contributed by atoms with Crippen molar-refractivity contribution < 1.29 is 4.74 Å². The second-order valence-electron chi connectivity index (χ2n) is 5.68. The average Bonchev–Trinajstić information content (AvgIpc) is 2.82. The summed E-state index contributed by atoms with van der Waals surface area (Å²) in [5.41, 5.74) is 5.81. The number of hydrogen-bond acceptors (Lipinski definition) is 5. The van der Waals surface area contributed by atoms with Crippen LogP contribution in [0.1, 0.15) is 44.4 Å². The second kappa shape index (κ2) is 5.56. The van der Waals surface area contributed by atoms with Crippen molar-refractivity contribution in [3.63, 3.8) is 0 Å². The maximum atomic E-state index is 6.15. The molecule has 2 unspecified atom stereocenters. The smallest absolute Gasteiger partial charge is 0.227 e. The SMILES string of the molecule is CCc1cc2c(OC3CCCC(C)C3)nc(N)nc2s1. The minimum Gasteiger partial charge on any atom is -0.474 e. The molecular weight excluding hydrogens is 270 g/mol. The van der Waals surface area contributed by atoms with Gasteiger partial charge in [-0.15, -0.1) is 11.3 Å². The molecule has 2 heterocycles. The van der Waals surface area contributed by atoms with E-state index in [1.165, 1.54) is 17.7 Å². The maximum Gasteiger partial charge on any atom is 0.227 e. The first-order chi connectivity index (χ1) is 9.65. The van der Waals surface area contributed by atoms with E-state index in [9.17, 15) is 0 Å². The molecule has 20 heavy (non-hydrogen) atoms. The summed E-state index contributed by atoms with van der Waals surface area (Å²) in [6, 6.07) is 2.14. The van der Waals surface area contributed by atoms with Crippen LogP contribution in [-0.2, 0) is 6.42 Å². The molecule has 108 valence electrons. The van der Waals surface area contributed by atoms with Crippen molar-refractivity contribution in [2.45, 2.75) is 52.1 Å². The minimum absolute atomic E-state index is 0.265. The van der Waals surface area contributed by atoms with Gasteiger partial charge >= 0.3 is 0 Å². The molecule has 1 fully saturated rings. The van der Waals surface area contributed by atoms with Crippen LogP contribution in [0.4, 0.5) is 5.95 Å². The molecule has 5 heteroatoms. The van der Waals surface area contributed by atoms with Crippen molar-refractivity contribution in [2.75, 3.05) is 5.73 Å². The largest absolute Gasteiger partial charge is 0.474 e. The zero-order valence-corrected chi connectivity index (χ0v) is 12.9. The Bertz CT molecular complexity index is 610. The van der Waals surface area contributed by atoms with Gasteiger partial charge in [-0.05, 0) is 37.7 Å². The van der Waals surface area contributed by atoms with Crippen LogP contribution in [0.2, 0.25) is 0 Å². The summed E-state index contributed by atoms with van der Waals surface area (Å²) in [5.74, 6) is 1.71. The quantitative estimate of drug-likeness (QED) is 0.934. The summed E-state index contributed by atoms with van der Waals surface area (Å²) in [6.45, 7) is 4.43. The number of aromatic nitrogens is 2. The number of thiophene rings is 1. The van der Waals surface area contributed by atoms with E-state index in [-0.39, 0.29) is 6.10 Å². The van der Waals surface area contributed by atoms with Crippen LogP contribution in [0.15, 0.2) is 6.07 Å². The van der Waals surface area contributed by atoms with Crippen molar-refractivity contribution >= 4 is 27.5 Å². The molecule has 0 saturated heterocycles. The number of nitrogens with zero attached hydrogens (tertiary/aromatic N) is 2. The van der Waals surface area contributed by atoms with Gasteiger partial charge in [0.15, 0.2) is 0 Å². The van der Waals surface area contributed by atoms with Crippen molar-refractivity contribution in [3.05, 3.63) is 10.9 Å². The molecule has 0 spiro atoms. The maximum absolute atomic E-state index is 6.15. The lowest BCUT2D eigenvalue weighted by Crippen LogP contribution is -2.24. The van der Waals surface area contributed by atoms with Crippen LogP contribution in [0.25, 0.3) is 10.2 Å². The summed E-state index contributed by atoms with van der Waals surface area (Å²) in [4.78, 5) is 10.9. The van der Waals surface area contributed by atoms with Gasteiger partial charge in [0, 0.05) is 4.88 Å². The first-order valence-corrected chi connectivity index (χ1v) is 8.20. The lowest BCUT2D eigenvalue weighted by molar-refractivity contribution is 0.126. The van der Waals surface area contributed by atoms with Crippen molar-refractivity contribution in [2.24, 2.45) is 5.92 Å². The molecule has 1 aliphatic carbocycles. The Labute approximate surface area is 123 Å². The highest BCUT2D eigenvalue weighted by Crippen LogP contribution is 2.34. The lowest BCUT2D eigenvalue weighted by atomic mass is 9.89. The first kappa shape index (κ1) is 13.6. The van der Waals surface area contributed by atoms with Gasteiger partial charge in [0.05, 0.1) is 5.39 Å². The number of anilines is 1. The Kier molecular flexibility index (Phi) is 3.78. The van der Waals surface area contributed by atoms with Crippen molar-refractivity contribution in [1.29, 1.82) is 0 Å². The van der Waals surface area contributed by atoms with Crippen LogP contribution >= 0.6 is 11.3 Å². The van der Waals surface area contributed by atoms with E-state index >= 15 is 0 Å². The normalized spacial score (nSPS) is 23.1. The van der Waals surface area contributed by atoms with E-state index in [2.05, 4.69) is 29.9 Å². The Hall–Kier alpha value is -1.36. The Morgan fingerprint density at radius 3 is 3.00 bits per heavy atom. The van der Waals surface area contributed by atoms with Gasteiger partial charge in [-0.1, -0.05) is 20.3 Å². The topological polar surface area (TPSA) is 61.0 Å². The van der Waals surface area contributed by atoms with Crippen LogP contribution in [0.3, 0.4) is 0 Å². The summed E-state index contributed by atoms with van der Waals surface area (Å²) < 4.78 is 6.15. The molecule has 3 rings (SSSR count). The fourth-order valence-electron chi connectivity index (χ4n) is 2.87. The number of aryl methyl sites for hydroxylation is 1. The number of hydrogen-bond donors (Lipinski definition) is 1. The zero-order valence-electron chi connectivity index (χ0n) is 12.1. The molecule has 0 amide bonds. The van der Waals surface area contributed by atoms with Gasteiger partial charge in [0.1, 0.15) is 10.9 Å². The molecule has 2 N–H and O–H groups in total. The van der Waals surface area contributed by atoms with Gasteiger partial charge in [-0.25, -0.2) is 4.98 Å². The highest BCUT2D eigenvalue weighted by molar-refractivity contribution is 7.18. The zero-order chi connectivity index (χ0) is 14.1. The molecule has 0 bridgehead atoms. The predicted octanol–water partition coefficient (Wildman–Crippen LogP) is 3.79. The van der Waals surface area contributed by atoms with Crippen molar-refractivity contribution in [3.8, 4) is 5.88 Å². The van der Waals surface area contributed by atoms with Gasteiger partial charge in [0.25, 0.3) is 0 Å². The number of nitrogen functional groups attached to an aromatic ring is 1. The first-order valence-electron chi connectivity index (χ1n) is 7.38. The molecular formula is C15H21N3OS.